The first-order valence-electron chi connectivity index (χ1n) is 9.12. The Morgan fingerprint density at radius 1 is 0.750 bits per heavy atom. The average Bonchev–Trinajstić information content (AvgIpc) is 2.84. The number of likely N-dealkylation sites (tertiary alicyclic amines) is 1. The third-order valence-corrected chi connectivity index (χ3v) is 5.38. The molecule has 1 saturated heterocycles. The molecule has 120 valence electrons. The predicted octanol–water partition coefficient (Wildman–Crippen LogP) is 5.67. The number of hydrogen-bond donors (Lipinski definition) is 0. The van der Waals surface area contributed by atoms with Crippen molar-refractivity contribution in [1.82, 2.24) is 4.90 Å². The summed E-state index contributed by atoms with van der Waals surface area (Å²) in [5.74, 6) is 2.14. The molecule has 20 heavy (non-hydrogen) atoms. The lowest BCUT2D eigenvalue weighted by Crippen LogP contribution is -2.22. The molecule has 1 saturated carbocycles. The van der Waals surface area contributed by atoms with E-state index in [2.05, 4.69) is 11.8 Å². The molecule has 0 aromatic carbocycles. The highest BCUT2D eigenvalue weighted by molar-refractivity contribution is 5.85. The van der Waals surface area contributed by atoms with Gasteiger partial charge in [-0.15, -0.1) is 12.4 Å². The number of halogens is 1. The molecule has 2 aliphatic rings. The van der Waals surface area contributed by atoms with E-state index in [0.717, 1.165) is 11.8 Å². The van der Waals surface area contributed by atoms with Gasteiger partial charge in [0.1, 0.15) is 0 Å². The molecule has 1 nitrogen and oxygen atoms in total. The fourth-order valence-corrected chi connectivity index (χ4v) is 4.15. The molecular weight excluding hydrogens is 266 g/mol. The maximum absolute atomic E-state index is 2.78. The van der Waals surface area contributed by atoms with Gasteiger partial charge in [0.25, 0.3) is 0 Å². The maximum Gasteiger partial charge on any atom is 0.00129 e. The molecule has 1 aliphatic carbocycles. The summed E-state index contributed by atoms with van der Waals surface area (Å²) in [6.45, 7) is 6.55. The van der Waals surface area contributed by atoms with E-state index >= 15 is 0 Å². The Bertz CT molecular complexity index is 217. The van der Waals surface area contributed by atoms with Gasteiger partial charge in [0.05, 0.1) is 0 Å². The molecule has 2 atom stereocenters. The molecule has 2 fully saturated rings. The van der Waals surface area contributed by atoms with Gasteiger partial charge >= 0.3 is 0 Å². The minimum Gasteiger partial charge on any atom is -0.303 e. The van der Waals surface area contributed by atoms with Crippen molar-refractivity contribution in [1.29, 1.82) is 0 Å². The van der Waals surface area contributed by atoms with Crippen LogP contribution in [0, 0.1) is 11.8 Å². The molecular formula is C18H36ClN. The lowest BCUT2D eigenvalue weighted by Gasteiger charge is -2.23. The molecule has 1 heterocycles. The van der Waals surface area contributed by atoms with Crippen molar-refractivity contribution in [2.24, 2.45) is 11.8 Å². The Morgan fingerprint density at radius 3 is 1.80 bits per heavy atom. The van der Waals surface area contributed by atoms with Crippen molar-refractivity contribution in [3.63, 3.8) is 0 Å². The lowest BCUT2D eigenvalue weighted by molar-refractivity contribution is 0.299. The van der Waals surface area contributed by atoms with Gasteiger partial charge in [-0.2, -0.15) is 0 Å². The summed E-state index contributed by atoms with van der Waals surface area (Å²) in [5.41, 5.74) is 0. The highest BCUT2D eigenvalue weighted by Gasteiger charge is 2.33. The first kappa shape index (κ1) is 18.3. The third kappa shape index (κ3) is 6.35. The van der Waals surface area contributed by atoms with Gasteiger partial charge in [-0.3, -0.25) is 0 Å². The van der Waals surface area contributed by atoms with Crippen LogP contribution in [0.25, 0.3) is 0 Å². The van der Waals surface area contributed by atoms with Crippen LogP contribution in [0.5, 0.6) is 0 Å². The van der Waals surface area contributed by atoms with Crippen molar-refractivity contribution in [2.45, 2.75) is 84.0 Å². The van der Waals surface area contributed by atoms with E-state index in [4.69, 9.17) is 0 Å². The molecule has 2 heteroatoms. The zero-order valence-corrected chi connectivity index (χ0v) is 14.4. The summed E-state index contributed by atoms with van der Waals surface area (Å²) < 4.78 is 0. The van der Waals surface area contributed by atoms with Gasteiger partial charge in [0.2, 0.25) is 0 Å². The first-order valence-corrected chi connectivity index (χ1v) is 9.12. The second-order valence-corrected chi connectivity index (χ2v) is 7.04. The van der Waals surface area contributed by atoms with E-state index in [1.54, 1.807) is 0 Å². The molecule has 0 amide bonds. The van der Waals surface area contributed by atoms with Crippen molar-refractivity contribution < 1.29 is 0 Å². The van der Waals surface area contributed by atoms with Crippen LogP contribution in [0.1, 0.15) is 84.0 Å². The molecule has 0 aromatic rings. The SMILES string of the molecule is CCCCCCCCCCN1CC2CCCCC2C1.Cl. The first-order chi connectivity index (χ1) is 9.40. The molecule has 0 aromatic heterocycles. The fraction of sp³-hybridized carbons (Fsp3) is 1.00. The average molecular weight is 302 g/mol. The number of hydrogen-bond acceptors (Lipinski definition) is 1. The van der Waals surface area contributed by atoms with Crippen LogP contribution in [0.4, 0.5) is 0 Å². The summed E-state index contributed by atoms with van der Waals surface area (Å²) in [7, 11) is 0. The topological polar surface area (TPSA) is 3.24 Å². The van der Waals surface area contributed by atoms with Crippen LogP contribution in [0.3, 0.4) is 0 Å². The van der Waals surface area contributed by atoms with Crippen LogP contribution in [0.15, 0.2) is 0 Å². The summed E-state index contributed by atoms with van der Waals surface area (Å²) in [4.78, 5) is 2.78. The second-order valence-electron chi connectivity index (χ2n) is 7.04. The highest BCUT2D eigenvalue weighted by atomic mass is 35.5. The van der Waals surface area contributed by atoms with Crippen molar-refractivity contribution in [3.8, 4) is 0 Å². The number of rotatable bonds is 9. The summed E-state index contributed by atoms with van der Waals surface area (Å²) in [5, 5.41) is 0. The Labute approximate surface area is 133 Å². The highest BCUT2D eigenvalue weighted by Crippen LogP contribution is 2.35. The van der Waals surface area contributed by atoms with E-state index < -0.39 is 0 Å². The van der Waals surface area contributed by atoms with Gasteiger partial charge in [0.15, 0.2) is 0 Å². The normalized spacial score (nSPS) is 26.2. The van der Waals surface area contributed by atoms with Crippen LogP contribution in [-0.4, -0.2) is 24.5 Å². The molecule has 2 rings (SSSR count). The van der Waals surface area contributed by atoms with Crippen LogP contribution in [0.2, 0.25) is 0 Å². The Kier molecular flexibility index (Phi) is 9.98. The minimum absolute atomic E-state index is 0. The minimum atomic E-state index is 0. The van der Waals surface area contributed by atoms with Crippen molar-refractivity contribution in [2.75, 3.05) is 19.6 Å². The number of nitrogens with zero attached hydrogens (tertiary/aromatic N) is 1. The molecule has 0 spiro atoms. The smallest absolute Gasteiger partial charge is 0.00129 e. The molecule has 0 N–H and O–H groups in total. The largest absolute Gasteiger partial charge is 0.303 e. The predicted molar refractivity (Wildman–Crippen MR) is 91.7 cm³/mol. The van der Waals surface area contributed by atoms with E-state index in [-0.39, 0.29) is 12.4 Å². The van der Waals surface area contributed by atoms with E-state index in [9.17, 15) is 0 Å². The van der Waals surface area contributed by atoms with Gasteiger partial charge < -0.3 is 4.90 Å². The van der Waals surface area contributed by atoms with Gasteiger partial charge in [0, 0.05) is 13.1 Å². The second kappa shape index (κ2) is 10.9. The zero-order chi connectivity index (χ0) is 13.3. The van der Waals surface area contributed by atoms with E-state index in [0.29, 0.717) is 0 Å². The van der Waals surface area contributed by atoms with Crippen molar-refractivity contribution >= 4 is 12.4 Å². The lowest BCUT2D eigenvalue weighted by atomic mass is 9.82. The van der Waals surface area contributed by atoms with E-state index in [1.807, 2.05) is 0 Å². The quantitative estimate of drug-likeness (QED) is 0.496. The standard InChI is InChI=1S/C18H35N.ClH/c1-2-3-4-5-6-7-8-11-14-19-15-17-12-9-10-13-18(17)16-19;/h17-18H,2-16H2,1H3;1H. The number of unbranched alkanes of at least 4 members (excludes halogenated alkanes) is 7. The van der Waals surface area contributed by atoms with Crippen LogP contribution < -0.4 is 0 Å². The van der Waals surface area contributed by atoms with Crippen LogP contribution in [-0.2, 0) is 0 Å². The Balaban J connectivity index is 0.00000200. The molecule has 0 radical (unpaired) electrons. The fourth-order valence-electron chi connectivity index (χ4n) is 4.15. The van der Waals surface area contributed by atoms with Gasteiger partial charge in [-0.05, 0) is 37.6 Å². The number of fused-ring (bicyclic) bond motifs is 1. The summed E-state index contributed by atoms with van der Waals surface area (Å²) in [6, 6.07) is 0. The summed E-state index contributed by atoms with van der Waals surface area (Å²) >= 11 is 0. The Morgan fingerprint density at radius 2 is 1.25 bits per heavy atom. The summed E-state index contributed by atoms with van der Waals surface area (Å²) in [6.07, 6.45) is 17.7. The molecule has 1 aliphatic heterocycles. The van der Waals surface area contributed by atoms with E-state index in [1.165, 1.54) is 96.7 Å². The van der Waals surface area contributed by atoms with Gasteiger partial charge in [-0.25, -0.2) is 0 Å². The molecule has 0 bridgehead atoms. The van der Waals surface area contributed by atoms with Gasteiger partial charge in [-0.1, -0.05) is 64.7 Å². The Hall–Kier alpha value is 0.250. The van der Waals surface area contributed by atoms with Crippen LogP contribution >= 0.6 is 12.4 Å². The zero-order valence-electron chi connectivity index (χ0n) is 13.6. The maximum atomic E-state index is 2.78. The third-order valence-electron chi connectivity index (χ3n) is 5.38. The molecule has 2 unspecified atom stereocenters. The monoisotopic (exact) mass is 301 g/mol. The van der Waals surface area contributed by atoms with Crippen molar-refractivity contribution in [3.05, 3.63) is 0 Å².